The van der Waals surface area contributed by atoms with E-state index in [9.17, 15) is 9.59 Å². The van der Waals surface area contributed by atoms with Gasteiger partial charge in [0, 0.05) is 21.0 Å². The smallest absolute Gasteiger partial charge is 0.341 e. The van der Waals surface area contributed by atoms with Gasteiger partial charge in [-0.15, -0.1) is 11.3 Å². The van der Waals surface area contributed by atoms with Crippen molar-refractivity contribution in [2.45, 2.75) is 20.8 Å². The predicted molar refractivity (Wildman–Crippen MR) is 115 cm³/mol. The topological polar surface area (TPSA) is 55.4 Å². The fourth-order valence-electron chi connectivity index (χ4n) is 2.88. The molecule has 0 radical (unpaired) electrons. The summed E-state index contributed by atoms with van der Waals surface area (Å²) in [5, 5.41) is 3.97. The highest BCUT2D eigenvalue weighted by atomic mass is 35.5. The number of hydrogen-bond donors (Lipinski definition) is 1. The van der Waals surface area contributed by atoms with E-state index in [0.717, 1.165) is 21.6 Å². The zero-order valence-corrected chi connectivity index (χ0v) is 17.4. The standard InChI is InChI=1S/C22H20ClNO3S/c1-4-27-22(26)19-18(15-9-11-17(23)12-10-15)14(3)28-21(19)24-20(25)16-7-5-13(2)6-8-16/h5-12H,4H2,1-3H3,(H,24,25). The van der Waals surface area contributed by atoms with E-state index >= 15 is 0 Å². The normalized spacial score (nSPS) is 10.6. The zero-order valence-electron chi connectivity index (χ0n) is 15.8. The summed E-state index contributed by atoms with van der Waals surface area (Å²) in [5.74, 6) is -0.731. The Labute approximate surface area is 173 Å². The molecule has 28 heavy (non-hydrogen) atoms. The highest BCUT2D eigenvalue weighted by Crippen LogP contribution is 2.40. The summed E-state index contributed by atoms with van der Waals surface area (Å²) < 4.78 is 5.26. The molecular weight excluding hydrogens is 394 g/mol. The number of aryl methyl sites for hydroxylation is 2. The third kappa shape index (κ3) is 4.26. The van der Waals surface area contributed by atoms with Crippen molar-refractivity contribution in [2.75, 3.05) is 11.9 Å². The van der Waals surface area contributed by atoms with Crippen molar-refractivity contribution in [1.29, 1.82) is 0 Å². The number of carbonyl (C=O) groups is 2. The highest BCUT2D eigenvalue weighted by Gasteiger charge is 2.25. The second kappa shape index (κ2) is 8.59. The minimum atomic E-state index is -0.462. The van der Waals surface area contributed by atoms with Gasteiger partial charge in [-0.05, 0) is 50.6 Å². The maximum Gasteiger partial charge on any atom is 0.341 e. The fourth-order valence-corrected chi connectivity index (χ4v) is 4.06. The average molecular weight is 414 g/mol. The van der Waals surface area contributed by atoms with Crippen LogP contribution in [0.3, 0.4) is 0 Å². The van der Waals surface area contributed by atoms with Crippen molar-refractivity contribution in [1.82, 2.24) is 0 Å². The summed E-state index contributed by atoms with van der Waals surface area (Å²) in [4.78, 5) is 26.3. The molecule has 0 saturated heterocycles. The molecule has 0 unspecified atom stereocenters. The molecule has 0 bridgehead atoms. The van der Waals surface area contributed by atoms with Crippen molar-refractivity contribution in [3.63, 3.8) is 0 Å². The molecule has 0 fully saturated rings. The van der Waals surface area contributed by atoms with Crippen molar-refractivity contribution < 1.29 is 14.3 Å². The molecule has 0 saturated carbocycles. The predicted octanol–water partition coefficient (Wildman–Crippen LogP) is 6.11. The van der Waals surface area contributed by atoms with E-state index in [2.05, 4.69) is 5.32 Å². The van der Waals surface area contributed by atoms with Gasteiger partial charge in [-0.1, -0.05) is 41.4 Å². The van der Waals surface area contributed by atoms with Gasteiger partial charge in [0.1, 0.15) is 10.6 Å². The maximum absolute atomic E-state index is 12.7. The van der Waals surface area contributed by atoms with Gasteiger partial charge < -0.3 is 10.1 Å². The second-order valence-electron chi connectivity index (χ2n) is 6.28. The van der Waals surface area contributed by atoms with Crippen molar-refractivity contribution in [3.05, 3.63) is 75.1 Å². The summed E-state index contributed by atoms with van der Waals surface area (Å²) in [6.07, 6.45) is 0. The van der Waals surface area contributed by atoms with E-state index in [-0.39, 0.29) is 12.5 Å². The van der Waals surface area contributed by atoms with Gasteiger partial charge in [-0.2, -0.15) is 0 Å². The first-order chi connectivity index (χ1) is 13.4. The summed E-state index contributed by atoms with van der Waals surface area (Å²) in [6, 6.07) is 14.5. The van der Waals surface area contributed by atoms with Crippen molar-refractivity contribution >= 4 is 39.8 Å². The second-order valence-corrected chi connectivity index (χ2v) is 7.95. The molecule has 1 N–H and O–H groups in total. The number of hydrogen-bond acceptors (Lipinski definition) is 4. The molecule has 6 heteroatoms. The van der Waals surface area contributed by atoms with E-state index in [4.69, 9.17) is 16.3 Å². The largest absolute Gasteiger partial charge is 0.462 e. The van der Waals surface area contributed by atoms with Crippen LogP contribution in [0.15, 0.2) is 48.5 Å². The Morgan fingerprint density at radius 2 is 1.68 bits per heavy atom. The third-order valence-electron chi connectivity index (χ3n) is 4.24. The lowest BCUT2D eigenvalue weighted by molar-refractivity contribution is 0.0529. The lowest BCUT2D eigenvalue weighted by atomic mass is 10.0. The minimum Gasteiger partial charge on any atom is -0.462 e. The Hall–Kier alpha value is -2.63. The molecule has 1 amide bonds. The number of ether oxygens (including phenoxy) is 1. The number of halogens is 1. The molecule has 144 valence electrons. The molecule has 3 rings (SSSR count). The van der Waals surface area contributed by atoms with Crippen LogP contribution in [0.1, 0.15) is 38.1 Å². The van der Waals surface area contributed by atoms with E-state index in [0.29, 0.717) is 21.2 Å². The van der Waals surface area contributed by atoms with Crippen molar-refractivity contribution in [3.8, 4) is 11.1 Å². The number of benzene rings is 2. The Balaban J connectivity index is 2.04. The number of esters is 1. The Morgan fingerprint density at radius 3 is 2.29 bits per heavy atom. The van der Waals surface area contributed by atoms with Gasteiger partial charge in [-0.3, -0.25) is 4.79 Å². The van der Waals surface area contributed by atoms with Gasteiger partial charge in [0.25, 0.3) is 5.91 Å². The van der Waals surface area contributed by atoms with Crippen LogP contribution in [0.25, 0.3) is 11.1 Å². The number of carbonyl (C=O) groups excluding carboxylic acids is 2. The summed E-state index contributed by atoms with van der Waals surface area (Å²) in [5.41, 5.74) is 3.56. The van der Waals surface area contributed by atoms with Gasteiger partial charge >= 0.3 is 5.97 Å². The molecule has 1 heterocycles. The Kier molecular flexibility index (Phi) is 6.17. The monoisotopic (exact) mass is 413 g/mol. The molecule has 4 nitrogen and oxygen atoms in total. The van der Waals surface area contributed by atoms with Crippen LogP contribution < -0.4 is 5.32 Å². The van der Waals surface area contributed by atoms with Crippen LogP contribution in [0.4, 0.5) is 5.00 Å². The van der Waals surface area contributed by atoms with E-state index in [1.807, 2.05) is 38.1 Å². The summed E-state index contributed by atoms with van der Waals surface area (Å²) in [7, 11) is 0. The molecular formula is C22H20ClNO3S. The van der Waals surface area contributed by atoms with Gasteiger partial charge in [-0.25, -0.2) is 4.79 Å². The lowest BCUT2D eigenvalue weighted by Crippen LogP contribution is -2.14. The molecule has 0 atom stereocenters. The molecule has 0 aliphatic rings. The number of thiophene rings is 1. The van der Waals surface area contributed by atoms with Crippen LogP contribution >= 0.6 is 22.9 Å². The summed E-state index contributed by atoms with van der Waals surface area (Å²) in [6.45, 7) is 5.88. The molecule has 0 aliphatic carbocycles. The van der Waals surface area contributed by atoms with E-state index < -0.39 is 5.97 Å². The van der Waals surface area contributed by atoms with Crippen LogP contribution in [-0.4, -0.2) is 18.5 Å². The van der Waals surface area contributed by atoms with Crippen LogP contribution in [0, 0.1) is 13.8 Å². The highest BCUT2D eigenvalue weighted by molar-refractivity contribution is 7.17. The number of anilines is 1. The van der Waals surface area contributed by atoms with Gasteiger partial charge in [0.05, 0.1) is 6.61 Å². The van der Waals surface area contributed by atoms with E-state index in [1.165, 1.54) is 11.3 Å². The van der Waals surface area contributed by atoms with Crippen LogP contribution in [0.2, 0.25) is 5.02 Å². The molecule has 1 aromatic heterocycles. The van der Waals surface area contributed by atoms with Gasteiger partial charge in [0.2, 0.25) is 0 Å². The first-order valence-corrected chi connectivity index (χ1v) is 10.0. The lowest BCUT2D eigenvalue weighted by Gasteiger charge is -2.09. The summed E-state index contributed by atoms with van der Waals surface area (Å²) >= 11 is 7.35. The Bertz CT molecular complexity index is 1010. The quantitative estimate of drug-likeness (QED) is 0.513. The average Bonchev–Trinajstić information content (AvgIpc) is 2.99. The minimum absolute atomic E-state index is 0.249. The molecule has 0 spiro atoms. The zero-order chi connectivity index (χ0) is 20.3. The molecule has 2 aromatic carbocycles. The Morgan fingerprint density at radius 1 is 1.04 bits per heavy atom. The van der Waals surface area contributed by atoms with E-state index in [1.54, 1.807) is 31.2 Å². The molecule has 0 aliphatic heterocycles. The maximum atomic E-state index is 12.7. The fraction of sp³-hybridized carbons (Fsp3) is 0.182. The molecule has 3 aromatic rings. The van der Waals surface area contributed by atoms with Crippen LogP contribution in [-0.2, 0) is 4.74 Å². The first-order valence-electron chi connectivity index (χ1n) is 8.85. The number of amides is 1. The van der Waals surface area contributed by atoms with Crippen LogP contribution in [0.5, 0.6) is 0 Å². The SMILES string of the molecule is CCOC(=O)c1c(NC(=O)c2ccc(C)cc2)sc(C)c1-c1ccc(Cl)cc1. The number of rotatable bonds is 5. The number of nitrogens with one attached hydrogen (secondary N) is 1. The first kappa shape index (κ1) is 20.1. The third-order valence-corrected chi connectivity index (χ3v) is 5.51. The van der Waals surface area contributed by atoms with Gasteiger partial charge in [0.15, 0.2) is 0 Å². The van der Waals surface area contributed by atoms with Crippen molar-refractivity contribution in [2.24, 2.45) is 0 Å².